The molecule has 3 heterocycles. The van der Waals surface area contributed by atoms with Gasteiger partial charge in [0.25, 0.3) is 0 Å². The molecule has 4 rings (SSSR count). The van der Waals surface area contributed by atoms with Crippen LogP contribution in [-0.2, 0) is 11.5 Å². The van der Waals surface area contributed by atoms with Crippen molar-refractivity contribution in [3.05, 3.63) is 45.4 Å². The Morgan fingerprint density at radius 1 is 1.38 bits per heavy atom. The third-order valence-corrected chi connectivity index (χ3v) is 6.66. The molecular formula is C19H22N6OS3. The first-order chi connectivity index (χ1) is 14.1. The molecule has 0 aliphatic carbocycles. The largest absolute Gasteiger partial charge is 0.330 e. The fourth-order valence-corrected chi connectivity index (χ4v) is 4.92. The number of piperidine rings is 1. The number of carbonyl (C=O) groups excluding carboxylic acids is 1. The molecule has 0 bridgehead atoms. The van der Waals surface area contributed by atoms with Crippen molar-refractivity contribution in [2.24, 2.45) is 5.92 Å². The van der Waals surface area contributed by atoms with E-state index in [4.69, 9.17) is 12.2 Å². The fourth-order valence-electron chi connectivity index (χ4n) is 3.37. The maximum atomic E-state index is 12.5. The number of likely N-dealkylation sites (tertiary alicyclic amines) is 1. The van der Waals surface area contributed by atoms with Gasteiger partial charge in [-0.3, -0.25) is 9.69 Å². The number of hydrogen-bond donors (Lipinski definition) is 2. The van der Waals surface area contributed by atoms with Gasteiger partial charge in [0.1, 0.15) is 0 Å². The van der Waals surface area contributed by atoms with Crippen molar-refractivity contribution < 1.29 is 4.79 Å². The molecule has 2 N–H and O–H groups in total. The topological polar surface area (TPSA) is 75.1 Å². The van der Waals surface area contributed by atoms with E-state index in [9.17, 15) is 4.79 Å². The lowest BCUT2D eigenvalue weighted by atomic mass is 9.97. The first-order valence-electron chi connectivity index (χ1n) is 9.41. The highest BCUT2D eigenvalue weighted by atomic mass is 32.1. The van der Waals surface area contributed by atoms with E-state index in [0.717, 1.165) is 34.2 Å². The molecule has 1 atom stereocenters. The Labute approximate surface area is 182 Å². The highest BCUT2D eigenvalue weighted by Crippen LogP contribution is 2.23. The zero-order valence-corrected chi connectivity index (χ0v) is 18.4. The molecule has 1 saturated heterocycles. The predicted octanol–water partition coefficient (Wildman–Crippen LogP) is 4.49. The molecule has 7 nitrogen and oxygen atoms in total. The lowest BCUT2D eigenvalue weighted by Crippen LogP contribution is -2.41. The average molecular weight is 447 g/mol. The van der Waals surface area contributed by atoms with Crippen LogP contribution in [0, 0.1) is 16.8 Å². The van der Waals surface area contributed by atoms with E-state index >= 15 is 0 Å². The lowest BCUT2D eigenvalue weighted by Gasteiger charge is -2.31. The first kappa shape index (κ1) is 20.1. The van der Waals surface area contributed by atoms with Gasteiger partial charge in [0.15, 0.2) is 9.09 Å². The number of amides is 1. The van der Waals surface area contributed by atoms with E-state index in [1.54, 1.807) is 6.20 Å². The van der Waals surface area contributed by atoms with E-state index in [2.05, 4.69) is 44.7 Å². The van der Waals surface area contributed by atoms with E-state index < -0.39 is 0 Å². The maximum absolute atomic E-state index is 12.5. The van der Waals surface area contributed by atoms with E-state index in [-0.39, 0.29) is 11.8 Å². The van der Waals surface area contributed by atoms with Gasteiger partial charge in [-0.05, 0) is 56.2 Å². The van der Waals surface area contributed by atoms with Crippen molar-refractivity contribution in [3.8, 4) is 0 Å². The van der Waals surface area contributed by atoms with Crippen LogP contribution in [0.25, 0.3) is 0 Å². The molecule has 1 fully saturated rings. The van der Waals surface area contributed by atoms with E-state index in [0.29, 0.717) is 18.3 Å². The summed E-state index contributed by atoms with van der Waals surface area (Å²) in [6.45, 7) is 4.27. The summed E-state index contributed by atoms with van der Waals surface area (Å²) in [6, 6.07) is 8.16. The number of rotatable bonds is 6. The standard InChI is InChI=1S/C19H22N6OS3/c1-13-4-2-6-15(10-13)21-18-23-25(19(27)29-18)12-24-8-3-5-14(11-24)16(26)22-17-20-7-9-28-17/h2,4,6-7,9-10,14H,3,5,8,11-12H2,1H3,(H,21,23)(H,20,22,26). The van der Waals surface area contributed by atoms with Crippen LogP contribution < -0.4 is 10.6 Å². The van der Waals surface area contributed by atoms with Gasteiger partial charge in [-0.2, -0.15) is 0 Å². The van der Waals surface area contributed by atoms with Crippen molar-refractivity contribution in [1.82, 2.24) is 19.7 Å². The van der Waals surface area contributed by atoms with Crippen LogP contribution in [0.15, 0.2) is 35.8 Å². The van der Waals surface area contributed by atoms with Gasteiger partial charge in [0, 0.05) is 23.8 Å². The van der Waals surface area contributed by atoms with Crippen LogP contribution in [0.1, 0.15) is 18.4 Å². The summed E-state index contributed by atoms with van der Waals surface area (Å²) >= 11 is 8.40. The number of benzene rings is 1. The Kier molecular flexibility index (Phi) is 6.34. The zero-order chi connectivity index (χ0) is 20.2. The molecule has 3 aromatic rings. The predicted molar refractivity (Wildman–Crippen MR) is 120 cm³/mol. The minimum absolute atomic E-state index is 0.0355. The number of aryl methyl sites for hydroxylation is 1. The molecule has 1 aromatic carbocycles. The Balaban J connectivity index is 1.38. The zero-order valence-electron chi connectivity index (χ0n) is 16.0. The van der Waals surface area contributed by atoms with Crippen LogP contribution >= 0.6 is 34.9 Å². The number of thiazole rings is 1. The highest BCUT2D eigenvalue weighted by molar-refractivity contribution is 7.73. The first-order valence-corrected chi connectivity index (χ1v) is 11.5. The molecule has 1 amide bonds. The third kappa shape index (κ3) is 5.27. The monoisotopic (exact) mass is 446 g/mol. The summed E-state index contributed by atoms with van der Waals surface area (Å²) in [4.78, 5) is 18.9. The van der Waals surface area contributed by atoms with Crippen molar-refractivity contribution in [3.63, 3.8) is 0 Å². The van der Waals surface area contributed by atoms with Gasteiger partial charge in [-0.25, -0.2) is 9.67 Å². The third-order valence-electron chi connectivity index (χ3n) is 4.75. The fraction of sp³-hybridized carbons (Fsp3) is 0.368. The van der Waals surface area contributed by atoms with Crippen molar-refractivity contribution in [2.75, 3.05) is 23.7 Å². The number of aromatic nitrogens is 3. The molecule has 1 aliphatic rings. The minimum atomic E-state index is -0.0506. The molecule has 152 valence electrons. The Morgan fingerprint density at radius 2 is 2.28 bits per heavy atom. The number of nitrogens with zero attached hydrogens (tertiary/aromatic N) is 4. The number of hydrogen-bond acceptors (Lipinski definition) is 8. The summed E-state index contributed by atoms with van der Waals surface area (Å²) in [5, 5.41) is 14.2. The molecule has 1 aliphatic heterocycles. The van der Waals surface area contributed by atoms with Gasteiger partial charge in [-0.1, -0.05) is 23.5 Å². The summed E-state index contributed by atoms with van der Waals surface area (Å²) in [6.07, 6.45) is 3.55. The number of nitrogens with one attached hydrogen (secondary N) is 2. The quantitative estimate of drug-likeness (QED) is 0.544. The van der Waals surface area contributed by atoms with Crippen LogP contribution in [0.2, 0.25) is 0 Å². The molecular weight excluding hydrogens is 424 g/mol. The van der Waals surface area contributed by atoms with Crippen LogP contribution in [0.4, 0.5) is 16.0 Å². The maximum Gasteiger partial charge on any atom is 0.230 e. The Hall–Kier alpha value is -2.14. The lowest BCUT2D eigenvalue weighted by molar-refractivity contribution is -0.121. The summed E-state index contributed by atoms with van der Waals surface area (Å²) in [5.41, 5.74) is 2.19. The normalized spacial score (nSPS) is 17.2. The Morgan fingerprint density at radius 3 is 3.07 bits per heavy atom. The summed E-state index contributed by atoms with van der Waals surface area (Å²) in [5.74, 6) is -0.0151. The number of carbonyl (C=O) groups is 1. The smallest absolute Gasteiger partial charge is 0.230 e. The van der Waals surface area contributed by atoms with Crippen LogP contribution in [0.5, 0.6) is 0 Å². The summed E-state index contributed by atoms with van der Waals surface area (Å²) < 4.78 is 2.55. The highest BCUT2D eigenvalue weighted by Gasteiger charge is 2.26. The van der Waals surface area contributed by atoms with Gasteiger partial charge in [-0.15, -0.1) is 16.4 Å². The average Bonchev–Trinajstić information content (AvgIpc) is 3.32. The molecule has 29 heavy (non-hydrogen) atoms. The van der Waals surface area contributed by atoms with Crippen molar-refractivity contribution >= 4 is 56.7 Å². The second kappa shape index (κ2) is 9.12. The SMILES string of the molecule is Cc1cccc(Nc2nn(CN3CCCC(C(=O)Nc4nccs4)C3)c(=S)s2)c1. The van der Waals surface area contributed by atoms with Gasteiger partial charge < -0.3 is 10.6 Å². The molecule has 0 saturated carbocycles. The summed E-state index contributed by atoms with van der Waals surface area (Å²) in [7, 11) is 0. The van der Waals surface area contributed by atoms with Gasteiger partial charge in [0.2, 0.25) is 11.0 Å². The van der Waals surface area contributed by atoms with Crippen molar-refractivity contribution in [1.29, 1.82) is 0 Å². The van der Waals surface area contributed by atoms with Gasteiger partial charge >= 0.3 is 0 Å². The van der Waals surface area contributed by atoms with Crippen molar-refractivity contribution in [2.45, 2.75) is 26.4 Å². The molecule has 0 spiro atoms. The van der Waals surface area contributed by atoms with E-state index in [1.165, 1.54) is 28.2 Å². The van der Waals surface area contributed by atoms with Crippen LogP contribution in [0.3, 0.4) is 0 Å². The Bertz CT molecular complexity index is 1030. The molecule has 1 unspecified atom stereocenters. The second-order valence-corrected chi connectivity index (χ2v) is 9.57. The van der Waals surface area contributed by atoms with Crippen LogP contribution in [-0.4, -0.2) is 38.7 Å². The minimum Gasteiger partial charge on any atom is -0.330 e. The second-order valence-electron chi connectivity index (χ2n) is 7.05. The van der Waals surface area contributed by atoms with Gasteiger partial charge in [0.05, 0.1) is 12.6 Å². The molecule has 0 radical (unpaired) electrons. The molecule has 2 aromatic heterocycles. The van der Waals surface area contributed by atoms with E-state index in [1.807, 2.05) is 22.2 Å². The molecule has 10 heteroatoms. The number of anilines is 3.